The van der Waals surface area contributed by atoms with E-state index in [1.165, 1.54) is 6.07 Å². The molecular formula is C20H32F3N5O. The van der Waals surface area contributed by atoms with E-state index in [2.05, 4.69) is 25.4 Å². The van der Waals surface area contributed by atoms with Crippen molar-refractivity contribution in [1.82, 2.24) is 15.5 Å². The predicted molar refractivity (Wildman–Crippen MR) is 110 cm³/mol. The molecule has 1 aromatic rings. The molecule has 29 heavy (non-hydrogen) atoms. The molecule has 2 N–H and O–H groups in total. The Labute approximate surface area is 171 Å². The SMILES string of the molecule is CCNC(=NCc1cc(C(F)(F)F)ccc1N1CCN(C)CC1)NC(C)COC. The second kappa shape index (κ2) is 10.7. The van der Waals surface area contributed by atoms with Gasteiger partial charge in [-0.25, -0.2) is 4.99 Å². The molecule has 9 heteroatoms. The number of piperazine rings is 1. The van der Waals surface area contributed by atoms with Crippen LogP contribution in [-0.2, 0) is 17.5 Å². The Hall–Kier alpha value is -2.00. The average Bonchev–Trinajstić information content (AvgIpc) is 2.66. The van der Waals surface area contributed by atoms with Gasteiger partial charge in [0.1, 0.15) is 0 Å². The van der Waals surface area contributed by atoms with E-state index in [1.54, 1.807) is 13.2 Å². The second-order valence-corrected chi connectivity index (χ2v) is 7.33. The van der Waals surface area contributed by atoms with Crippen LogP contribution in [0.25, 0.3) is 0 Å². The van der Waals surface area contributed by atoms with E-state index in [1.807, 2.05) is 20.9 Å². The standard InChI is InChI=1S/C20H32F3N5O/c1-5-24-19(26-15(2)14-29-4)25-13-16-12-17(20(21,22)23)6-7-18(16)28-10-8-27(3)9-11-28/h6-7,12,15H,5,8-11,13-14H2,1-4H3,(H2,24,25,26). The molecule has 1 atom stereocenters. The molecule has 2 rings (SSSR count). The van der Waals surface area contributed by atoms with Gasteiger partial charge in [0, 0.05) is 51.6 Å². The number of alkyl halides is 3. The smallest absolute Gasteiger partial charge is 0.383 e. The molecule has 1 fully saturated rings. The molecule has 0 aliphatic carbocycles. The highest BCUT2D eigenvalue weighted by Crippen LogP contribution is 2.33. The van der Waals surface area contributed by atoms with E-state index in [0.29, 0.717) is 24.7 Å². The highest BCUT2D eigenvalue weighted by atomic mass is 19.4. The van der Waals surface area contributed by atoms with Crippen LogP contribution < -0.4 is 15.5 Å². The molecule has 0 spiro atoms. The number of benzene rings is 1. The van der Waals surface area contributed by atoms with Gasteiger partial charge in [-0.05, 0) is 44.7 Å². The fourth-order valence-corrected chi connectivity index (χ4v) is 3.25. The summed E-state index contributed by atoms with van der Waals surface area (Å²) in [4.78, 5) is 8.88. The molecule has 164 valence electrons. The number of nitrogens with one attached hydrogen (secondary N) is 2. The molecule has 1 heterocycles. The zero-order chi connectivity index (χ0) is 21.4. The Morgan fingerprint density at radius 3 is 2.52 bits per heavy atom. The number of ether oxygens (including phenoxy) is 1. The zero-order valence-electron chi connectivity index (χ0n) is 17.6. The van der Waals surface area contributed by atoms with Crippen LogP contribution in [0.3, 0.4) is 0 Å². The number of nitrogens with zero attached hydrogens (tertiary/aromatic N) is 3. The Morgan fingerprint density at radius 1 is 1.24 bits per heavy atom. The number of methoxy groups -OCH3 is 1. The summed E-state index contributed by atoms with van der Waals surface area (Å²) in [6, 6.07) is 3.98. The lowest BCUT2D eigenvalue weighted by molar-refractivity contribution is -0.137. The highest BCUT2D eigenvalue weighted by Gasteiger charge is 2.31. The molecule has 1 aliphatic heterocycles. The van der Waals surface area contributed by atoms with Crippen LogP contribution in [0.15, 0.2) is 23.2 Å². The van der Waals surface area contributed by atoms with Crippen molar-refractivity contribution in [2.24, 2.45) is 4.99 Å². The molecule has 0 bridgehead atoms. The number of aliphatic imine (C=N–C) groups is 1. The normalized spacial score (nSPS) is 17.3. The summed E-state index contributed by atoms with van der Waals surface area (Å²) >= 11 is 0. The third-order valence-corrected chi connectivity index (χ3v) is 4.80. The zero-order valence-corrected chi connectivity index (χ0v) is 17.6. The van der Waals surface area contributed by atoms with E-state index < -0.39 is 11.7 Å². The van der Waals surface area contributed by atoms with E-state index in [0.717, 1.165) is 37.9 Å². The van der Waals surface area contributed by atoms with Crippen molar-refractivity contribution in [3.05, 3.63) is 29.3 Å². The van der Waals surface area contributed by atoms with Gasteiger partial charge in [-0.1, -0.05) is 0 Å². The minimum atomic E-state index is -4.38. The summed E-state index contributed by atoms with van der Waals surface area (Å²) in [6.45, 7) is 8.52. The maximum absolute atomic E-state index is 13.3. The first-order chi connectivity index (χ1) is 13.7. The summed E-state index contributed by atoms with van der Waals surface area (Å²) in [6.07, 6.45) is -4.38. The van der Waals surface area contributed by atoms with Gasteiger partial charge < -0.3 is 25.2 Å². The Morgan fingerprint density at radius 2 is 1.93 bits per heavy atom. The number of anilines is 1. The van der Waals surface area contributed by atoms with Crippen molar-refractivity contribution >= 4 is 11.6 Å². The van der Waals surface area contributed by atoms with Crippen molar-refractivity contribution in [2.45, 2.75) is 32.6 Å². The van der Waals surface area contributed by atoms with Crippen LogP contribution >= 0.6 is 0 Å². The molecule has 0 amide bonds. The molecule has 1 aromatic carbocycles. The van der Waals surface area contributed by atoms with Crippen LogP contribution in [-0.4, -0.2) is 70.4 Å². The summed E-state index contributed by atoms with van der Waals surface area (Å²) in [5.74, 6) is 0.554. The Balaban J connectivity index is 2.28. The van der Waals surface area contributed by atoms with Crippen molar-refractivity contribution in [3.8, 4) is 0 Å². The number of halogens is 3. The third kappa shape index (κ3) is 7.08. The van der Waals surface area contributed by atoms with Gasteiger partial charge in [0.05, 0.1) is 18.7 Å². The van der Waals surface area contributed by atoms with Gasteiger partial charge in [-0.15, -0.1) is 0 Å². The Bertz CT molecular complexity index is 673. The minimum Gasteiger partial charge on any atom is -0.383 e. The molecule has 0 saturated carbocycles. The van der Waals surface area contributed by atoms with Gasteiger partial charge >= 0.3 is 6.18 Å². The minimum absolute atomic E-state index is 0.0245. The number of rotatable bonds is 7. The van der Waals surface area contributed by atoms with Crippen LogP contribution in [0, 0.1) is 0 Å². The molecule has 6 nitrogen and oxygen atoms in total. The highest BCUT2D eigenvalue weighted by molar-refractivity contribution is 5.80. The summed E-state index contributed by atoms with van der Waals surface area (Å²) in [5, 5.41) is 6.34. The van der Waals surface area contributed by atoms with Crippen molar-refractivity contribution < 1.29 is 17.9 Å². The van der Waals surface area contributed by atoms with Gasteiger partial charge in [-0.3, -0.25) is 0 Å². The fourth-order valence-electron chi connectivity index (χ4n) is 3.25. The first-order valence-electron chi connectivity index (χ1n) is 9.92. The maximum atomic E-state index is 13.3. The van der Waals surface area contributed by atoms with Gasteiger partial charge in [0.25, 0.3) is 0 Å². The number of guanidine groups is 1. The number of hydrogen-bond acceptors (Lipinski definition) is 4. The second-order valence-electron chi connectivity index (χ2n) is 7.33. The maximum Gasteiger partial charge on any atom is 0.416 e. The van der Waals surface area contributed by atoms with Crippen molar-refractivity contribution in [3.63, 3.8) is 0 Å². The molecule has 1 saturated heterocycles. The quantitative estimate of drug-likeness (QED) is 0.530. The summed E-state index contributed by atoms with van der Waals surface area (Å²) in [7, 11) is 3.66. The van der Waals surface area contributed by atoms with E-state index in [4.69, 9.17) is 4.74 Å². The lowest BCUT2D eigenvalue weighted by Crippen LogP contribution is -2.45. The molecule has 0 radical (unpaired) electrons. The van der Waals surface area contributed by atoms with Crippen molar-refractivity contribution in [1.29, 1.82) is 0 Å². The van der Waals surface area contributed by atoms with Crippen LogP contribution in [0.2, 0.25) is 0 Å². The van der Waals surface area contributed by atoms with Gasteiger partial charge in [0.2, 0.25) is 0 Å². The topological polar surface area (TPSA) is 52.1 Å². The lowest BCUT2D eigenvalue weighted by Gasteiger charge is -2.35. The first-order valence-corrected chi connectivity index (χ1v) is 9.92. The Kier molecular flexibility index (Phi) is 8.58. The average molecular weight is 416 g/mol. The fraction of sp³-hybridized carbons (Fsp3) is 0.650. The summed E-state index contributed by atoms with van der Waals surface area (Å²) in [5.41, 5.74) is 0.739. The predicted octanol–water partition coefficient (Wildman–Crippen LogP) is 2.55. The third-order valence-electron chi connectivity index (χ3n) is 4.80. The van der Waals surface area contributed by atoms with Crippen molar-refractivity contribution in [2.75, 3.05) is 58.4 Å². The lowest BCUT2D eigenvalue weighted by atomic mass is 10.1. The molecule has 0 aromatic heterocycles. The van der Waals surface area contributed by atoms with Crippen LogP contribution in [0.5, 0.6) is 0 Å². The van der Waals surface area contributed by atoms with Gasteiger partial charge in [0.15, 0.2) is 5.96 Å². The monoisotopic (exact) mass is 415 g/mol. The van der Waals surface area contributed by atoms with Crippen LogP contribution in [0.1, 0.15) is 25.0 Å². The summed E-state index contributed by atoms with van der Waals surface area (Å²) < 4.78 is 44.9. The molecule has 1 unspecified atom stereocenters. The first kappa shape index (κ1) is 23.3. The molecular weight excluding hydrogens is 383 g/mol. The molecule has 1 aliphatic rings. The van der Waals surface area contributed by atoms with E-state index >= 15 is 0 Å². The van der Waals surface area contributed by atoms with Crippen LogP contribution in [0.4, 0.5) is 18.9 Å². The van der Waals surface area contributed by atoms with E-state index in [9.17, 15) is 13.2 Å². The largest absolute Gasteiger partial charge is 0.416 e. The van der Waals surface area contributed by atoms with Gasteiger partial charge in [-0.2, -0.15) is 13.2 Å². The number of likely N-dealkylation sites (N-methyl/N-ethyl adjacent to an activating group) is 1. The number of hydrogen-bond donors (Lipinski definition) is 2. The van der Waals surface area contributed by atoms with E-state index in [-0.39, 0.29) is 12.6 Å².